The molecule has 3 heterocycles. The third-order valence-electron chi connectivity index (χ3n) is 5.00. The Balaban J connectivity index is 1.59. The van der Waals surface area contributed by atoms with Crippen molar-refractivity contribution in [2.75, 3.05) is 11.1 Å². The van der Waals surface area contributed by atoms with Crippen LogP contribution in [0.1, 0.15) is 37.6 Å². The summed E-state index contributed by atoms with van der Waals surface area (Å²) in [6.07, 6.45) is 0.851. The Morgan fingerprint density at radius 2 is 2.03 bits per heavy atom. The zero-order valence-electron chi connectivity index (χ0n) is 18.0. The fourth-order valence-electron chi connectivity index (χ4n) is 3.33. The van der Waals surface area contributed by atoms with Crippen molar-refractivity contribution in [1.29, 1.82) is 0 Å². The van der Waals surface area contributed by atoms with Crippen molar-refractivity contribution in [1.82, 2.24) is 19.2 Å². The molecule has 0 unspecified atom stereocenters. The summed E-state index contributed by atoms with van der Waals surface area (Å²) in [5, 5.41) is 13.8. The number of thioether (sulfide) groups is 1. The number of nitrogens with zero attached hydrogens (tertiary/aromatic N) is 4. The zero-order valence-corrected chi connectivity index (χ0v) is 19.6. The summed E-state index contributed by atoms with van der Waals surface area (Å²) in [7, 11) is 0. The van der Waals surface area contributed by atoms with Gasteiger partial charge in [-0.15, -0.1) is 21.5 Å². The Bertz CT molecular complexity index is 1370. The number of thiophene rings is 1. The molecule has 4 rings (SSSR count). The highest BCUT2D eigenvalue weighted by Crippen LogP contribution is 2.25. The molecule has 1 amide bonds. The number of ketones is 1. The van der Waals surface area contributed by atoms with Crippen LogP contribution in [0.5, 0.6) is 0 Å². The molecule has 0 aliphatic rings. The average Bonchev–Trinajstić information content (AvgIpc) is 3.39. The molecule has 0 atom stereocenters. The van der Waals surface area contributed by atoms with E-state index >= 15 is 0 Å². The molecule has 166 valence electrons. The normalized spacial score (nSPS) is 11.5. The second kappa shape index (κ2) is 9.25. The molecule has 0 saturated carbocycles. The van der Waals surface area contributed by atoms with E-state index < -0.39 is 0 Å². The van der Waals surface area contributed by atoms with Gasteiger partial charge >= 0.3 is 0 Å². The van der Waals surface area contributed by atoms with Crippen molar-refractivity contribution in [2.45, 2.75) is 38.9 Å². The fraction of sp³-hybridized carbons (Fsp3) is 0.318. The predicted molar refractivity (Wildman–Crippen MR) is 128 cm³/mol. The van der Waals surface area contributed by atoms with Crippen LogP contribution in [0, 0.1) is 5.92 Å². The van der Waals surface area contributed by atoms with E-state index in [9.17, 15) is 14.4 Å². The number of carbonyl (C=O) groups is 2. The van der Waals surface area contributed by atoms with Crippen LogP contribution in [0.3, 0.4) is 0 Å². The average molecular weight is 470 g/mol. The van der Waals surface area contributed by atoms with Crippen molar-refractivity contribution >= 4 is 56.5 Å². The number of aromatic nitrogens is 4. The van der Waals surface area contributed by atoms with Gasteiger partial charge in [-0.25, -0.2) is 0 Å². The minimum Gasteiger partial charge on any atom is -0.325 e. The fourth-order valence-corrected chi connectivity index (χ4v) is 4.89. The number of benzene rings is 1. The number of Topliss-reactive ketones (excluding diaryl/α,β-unsaturated/α-hetero) is 1. The second-order valence-electron chi connectivity index (χ2n) is 7.87. The zero-order chi connectivity index (χ0) is 22.8. The third kappa shape index (κ3) is 4.46. The first kappa shape index (κ1) is 22.2. The molecule has 0 fully saturated rings. The Hall–Kier alpha value is -2.98. The van der Waals surface area contributed by atoms with Crippen LogP contribution in [0.2, 0.25) is 0 Å². The van der Waals surface area contributed by atoms with E-state index in [1.807, 2.05) is 15.8 Å². The lowest BCUT2D eigenvalue weighted by atomic mass is 10.1. The number of rotatable bonds is 8. The van der Waals surface area contributed by atoms with Crippen LogP contribution >= 0.6 is 23.1 Å². The van der Waals surface area contributed by atoms with Crippen LogP contribution in [0.15, 0.2) is 45.7 Å². The number of hydrogen-bond acceptors (Lipinski definition) is 7. The predicted octanol–water partition coefficient (Wildman–Crippen LogP) is 4.09. The highest BCUT2D eigenvalue weighted by molar-refractivity contribution is 7.99. The van der Waals surface area contributed by atoms with Crippen LogP contribution < -0.4 is 10.9 Å². The molecule has 1 aromatic carbocycles. The molecule has 3 aromatic heterocycles. The Morgan fingerprint density at radius 3 is 2.78 bits per heavy atom. The van der Waals surface area contributed by atoms with Gasteiger partial charge in [-0.1, -0.05) is 37.7 Å². The summed E-state index contributed by atoms with van der Waals surface area (Å²) in [5.41, 5.74) is 1.79. The second-order valence-corrected chi connectivity index (χ2v) is 9.72. The monoisotopic (exact) mass is 469 g/mol. The first-order valence-electron chi connectivity index (χ1n) is 10.2. The van der Waals surface area contributed by atoms with Crippen LogP contribution in [-0.2, 0) is 11.3 Å². The molecule has 32 heavy (non-hydrogen) atoms. The lowest BCUT2D eigenvalue weighted by Crippen LogP contribution is -2.23. The Morgan fingerprint density at radius 1 is 1.22 bits per heavy atom. The van der Waals surface area contributed by atoms with Gasteiger partial charge in [-0.05, 0) is 42.8 Å². The van der Waals surface area contributed by atoms with Gasteiger partial charge in [-0.2, -0.15) is 0 Å². The SMILES string of the molecule is CC(=O)c1cccc(NC(=O)CSc2nnc3n(CCC(C)C)c(=O)c4sccc4n23)c1. The summed E-state index contributed by atoms with van der Waals surface area (Å²) in [4.78, 5) is 37.0. The van der Waals surface area contributed by atoms with Gasteiger partial charge in [0.1, 0.15) is 4.70 Å². The molecule has 4 aromatic rings. The summed E-state index contributed by atoms with van der Waals surface area (Å²) in [6.45, 7) is 6.27. The van der Waals surface area contributed by atoms with Gasteiger partial charge in [0, 0.05) is 17.8 Å². The number of fused-ring (bicyclic) bond motifs is 3. The van der Waals surface area contributed by atoms with Crippen molar-refractivity contribution in [3.63, 3.8) is 0 Å². The van der Waals surface area contributed by atoms with E-state index in [2.05, 4.69) is 29.4 Å². The lowest BCUT2D eigenvalue weighted by Gasteiger charge is -2.10. The van der Waals surface area contributed by atoms with E-state index in [4.69, 9.17) is 0 Å². The van der Waals surface area contributed by atoms with Crippen molar-refractivity contribution < 1.29 is 9.59 Å². The summed E-state index contributed by atoms with van der Waals surface area (Å²) in [6, 6.07) is 8.71. The minimum absolute atomic E-state index is 0.0600. The minimum atomic E-state index is -0.220. The van der Waals surface area contributed by atoms with Gasteiger partial charge < -0.3 is 5.32 Å². The summed E-state index contributed by atoms with van der Waals surface area (Å²) >= 11 is 2.64. The number of hydrogen-bond donors (Lipinski definition) is 1. The van der Waals surface area contributed by atoms with Crippen LogP contribution in [0.4, 0.5) is 5.69 Å². The van der Waals surface area contributed by atoms with Crippen molar-refractivity contribution in [2.24, 2.45) is 5.92 Å². The third-order valence-corrected chi connectivity index (χ3v) is 6.82. The maximum absolute atomic E-state index is 13.0. The number of aryl methyl sites for hydroxylation is 1. The molecule has 0 aliphatic heterocycles. The van der Waals surface area contributed by atoms with E-state index in [1.54, 1.807) is 28.8 Å². The summed E-state index contributed by atoms with van der Waals surface area (Å²) in [5.74, 6) is 0.763. The largest absolute Gasteiger partial charge is 0.325 e. The lowest BCUT2D eigenvalue weighted by molar-refractivity contribution is -0.113. The quantitative estimate of drug-likeness (QED) is 0.308. The number of carbonyl (C=O) groups excluding carboxylic acids is 2. The molecule has 8 nitrogen and oxygen atoms in total. The van der Waals surface area contributed by atoms with E-state index in [0.29, 0.717) is 39.3 Å². The van der Waals surface area contributed by atoms with Gasteiger partial charge in [0.2, 0.25) is 11.7 Å². The van der Waals surface area contributed by atoms with Gasteiger partial charge in [-0.3, -0.25) is 23.4 Å². The molecule has 0 spiro atoms. The Kier molecular flexibility index (Phi) is 6.43. The first-order valence-corrected chi connectivity index (χ1v) is 12.1. The molecule has 1 N–H and O–H groups in total. The maximum Gasteiger partial charge on any atom is 0.272 e. The number of anilines is 1. The molecular weight excluding hydrogens is 446 g/mol. The van der Waals surface area contributed by atoms with E-state index in [1.165, 1.54) is 30.0 Å². The summed E-state index contributed by atoms with van der Waals surface area (Å²) < 4.78 is 4.17. The standard InChI is InChI=1S/C22H23N5O3S2/c1-13(2)7-9-26-20(30)19-17(8-10-31-19)27-21(26)24-25-22(27)32-12-18(29)23-16-6-4-5-15(11-16)14(3)28/h4-6,8,10-11,13H,7,9,12H2,1-3H3,(H,23,29). The first-order chi connectivity index (χ1) is 15.3. The smallest absolute Gasteiger partial charge is 0.272 e. The van der Waals surface area contributed by atoms with Crippen LogP contribution in [-0.4, -0.2) is 36.6 Å². The van der Waals surface area contributed by atoms with E-state index in [0.717, 1.165) is 11.9 Å². The number of amides is 1. The van der Waals surface area contributed by atoms with Crippen molar-refractivity contribution in [3.05, 3.63) is 51.6 Å². The topological polar surface area (TPSA) is 98.4 Å². The highest BCUT2D eigenvalue weighted by Gasteiger charge is 2.18. The van der Waals surface area contributed by atoms with Gasteiger partial charge in [0.15, 0.2) is 10.9 Å². The Labute approximate surface area is 192 Å². The number of nitrogens with one attached hydrogen (secondary N) is 1. The van der Waals surface area contributed by atoms with Crippen molar-refractivity contribution in [3.8, 4) is 0 Å². The van der Waals surface area contributed by atoms with Gasteiger partial charge in [0.05, 0.1) is 11.3 Å². The molecule has 0 bridgehead atoms. The molecule has 10 heteroatoms. The van der Waals surface area contributed by atoms with E-state index in [-0.39, 0.29) is 23.0 Å². The van der Waals surface area contributed by atoms with Gasteiger partial charge in [0.25, 0.3) is 5.56 Å². The molecule has 0 saturated heterocycles. The molecular formula is C22H23N5O3S2. The molecule has 0 aliphatic carbocycles. The van der Waals surface area contributed by atoms with Crippen LogP contribution in [0.25, 0.3) is 16.0 Å². The molecule has 0 radical (unpaired) electrons. The maximum atomic E-state index is 13.0. The highest BCUT2D eigenvalue weighted by atomic mass is 32.2.